The summed E-state index contributed by atoms with van der Waals surface area (Å²) in [5, 5.41) is 0.856. The van der Waals surface area contributed by atoms with Gasteiger partial charge in [-0.05, 0) is 59.1 Å². The van der Waals surface area contributed by atoms with Crippen LogP contribution in [-0.4, -0.2) is 40.8 Å². The third-order valence-electron chi connectivity index (χ3n) is 6.07. The summed E-state index contributed by atoms with van der Waals surface area (Å²) in [6.07, 6.45) is 3.93. The highest BCUT2D eigenvalue weighted by Crippen LogP contribution is 2.44. The lowest BCUT2D eigenvalue weighted by atomic mass is 10.1. The van der Waals surface area contributed by atoms with Crippen molar-refractivity contribution in [3.63, 3.8) is 0 Å². The fourth-order valence-electron chi connectivity index (χ4n) is 4.35. The normalized spacial score (nSPS) is 17.1. The van der Waals surface area contributed by atoms with Crippen molar-refractivity contribution >= 4 is 55.2 Å². The summed E-state index contributed by atoms with van der Waals surface area (Å²) in [5.41, 5.74) is 4.46. The van der Waals surface area contributed by atoms with Gasteiger partial charge >= 0.3 is 0 Å². The van der Waals surface area contributed by atoms with Crippen molar-refractivity contribution in [2.45, 2.75) is 18.8 Å². The van der Waals surface area contributed by atoms with Crippen molar-refractivity contribution in [2.75, 3.05) is 31.2 Å². The van der Waals surface area contributed by atoms with Crippen LogP contribution in [0.15, 0.2) is 41.0 Å². The van der Waals surface area contributed by atoms with Crippen molar-refractivity contribution in [1.82, 2.24) is 14.5 Å². The molecule has 2 aromatic heterocycles. The zero-order valence-corrected chi connectivity index (χ0v) is 19.0. The zero-order valence-electron chi connectivity index (χ0n) is 16.6. The first kappa shape index (κ1) is 19.5. The number of hydrogen-bond acceptors (Lipinski definition) is 4. The number of ether oxygens (including phenoxy) is 1. The van der Waals surface area contributed by atoms with Gasteiger partial charge in [0.1, 0.15) is 22.2 Å². The standard InChI is InChI=1S/C23H19BrClFN4O/c24-16-11-14(29-7-9-31-10-8-29)12-19-22(16)28-23(13-1-2-13)30(19)18-5-6-27-21-15(18)3-4-17(26)20(21)25/h3-6,11-13H,1-2,7-10H2. The van der Waals surface area contributed by atoms with Gasteiger partial charge in [0.15, 0.2) is 0 Å². The van der Waals surface area contributed by atoms with Crippen molar-refractivity contribution in [3.8, 4) is 5.69 Å². The Morgan fingerprint density at radius 3 is 2.68 bits per heavy atom. The van der Waals surface area contributed by atoms with Crippen molar-refractivity contribution < 1.29 is 9.13 Å². The maximum atomic E-state index is 14.1. The van der Waals surface area contributed by atoms with Gasteiger partial charge in [-0.1, -0.05) is 11.6 Å². The molecule has 6 rings (SSSR count). The number of aromatic nitrogens is 3. The summed E-state index contributed by atoms with van der Waals surface area (Å²) < 4.78 is 22.8. The van der Waals surface area contributed by atoms with E-state index in [-0.39, 0.29) is 5.02 Å². The van der Waals surface area contributed by atoms with E-state index >= 15 is 0 Å². The fraction of sp³-hybridized carbons (Fsp3) is 0.304. The molecule has 0 amide bonds. The lowest BCUT2D eigenvalue weighted by molar-refractivity contribution is 0.122. The summed E-state index contributed by atoms with van der Waals surface area (Å²) in [6.45, 7) is 3.16. The number of imidazole rings is 1. The van der Waals surface area contributed by atoms with Crippen molar-refractivity contribution in [2.24, 2.45) is 0 Å². The molecule has 4 aromatic rings. The van der Waals surface area contributed by atoms with Gasteiger partial charge in [0, 0.05) is 40.8 Å². The molecule has 5 nitrogen and oxygen atoms in total. The number of hydrogen-bond donors (Lipinski definition) is 0. The highest BCUT2D eigenvalue weighted by molar-refractivity contribution is 9.10. The Hall–Kier alpha value is -2.22. The highest BCUT2D eigenvalue weighted by atomic mass is 79.9. The first-order valence-corrected chi connectivity index (χ1v) is 11.6. The lowest BCUT2D eigenvalue weighted by Crippen LogP contribution is -2.36. The fourth-order valence-corrected chi connectivity index (χ4v) is 5.09. The molecule has 0 atom stereocenters. The van der Waals surface area contributed by atoms with Crippen LogP contribution in [0.5, 0.6) is 0 Å². The van der Waals surface area contributed by atoms with Crippen LogP contribution >= 0.6 is 27.5 Å². The Kier molecular flexibility index (Phi) is 4.67. The molecule has 31 heavy (non-hydrogen) atoms. The molecule has 1 saturated heterocycles. The van der Waals surface area contributed by atoms with Crippen molar-refractivity contribution in [3.05, 3.63) is 57.7 Å². The van der Waals surface area contributed by atoms with E-state index in [0.29, 0.717) is 11.4 Å². The van der Waals surface area contributed by atoms with Crippen LogP contribution in [0.1, 0.15) is 24.6 Å². The minimum Gasteiger partial charge on any atom is -0.378 e. The van der Waals surface area contributed by atoms with E-state index in [1.54, 1.807) is 12.3 Å². The number of benzene rings is 2. The maximum absolute atomic E-state index is 14.1. The predicted octanol–water partition coefficient (Wildman–Crippen LogP) is 5.84. The molecule has 1 saturated carbocycles. The first-order chi connectivity index (χ1) is 15.1. The zero-order chi connectivity index (χ0) is 21.1. The van der Waals surface area contributed by atoms with Gasteiger partial charge in [0.05, 0.1) is 29.9 Å². The predicted molar refractivity (Wildman–Crippen MR) is 124 cm³/mol. The molecule has 0 radical (unpaired) electrons. The molecule has 2 aromatic carbocycles. The van der Waals surface area contributed by atoms with E-state index < -0.39 is 5.82 Å². The van der Waals surface area contributed by atoms with E-state index in [1.165, 1.54) is 6.07 Å². The third-order valence-corrected chi connectivity index (χ3v) is 7.03. The van der Waals surface area contributed by atoms with Gasteiger partial charge < -0.3 is 9.64 Å². The number of rotatable bonds is 3. The van der Waals surface area contributed by atoms with Crippen LogP contribution in [0.4, 0.5) is 10.1 Å². The topological polar surface area (TPSA) is 43.2 Å². The van der Waals surface area contributed by atoms with Gasteiger partial charge in [-0.25, -0.2) is 9.37 Å². The number of morpholine rings is 1. The highest BCUT2D eigenvalue weighted by Gasteiger charge is 2.31. The largest absolute Gasteiger partial charge is 0.378 e. The van der Waals surface area contributed by atoms with Gasteiger partial charge in [-0.2, -0.15) is 0 Å². The van der Waals surface area contributed by atoms with Gasteiger partial charge in [0.25, 0.3) is 0 Å². The summed E-state index contributed by atoms with van der Waals surface area (Å²) in [7, 11) is 0. The number of fused-ring (bicyclic) bond motifs is 2. The summed E-state index contributed by atoms with van der Waals surface area (Å²) in [5.74, 6) is 0.988. The molecule has 3 heterocycles. The maximum Gasteiger partial charge on any atom is 0.144 e. The van der Waals surface area contributed by atoms with Crippen LogP contribution in [0, 0.1) is 5.82 Å². The molecule has 1 aliphatic heterocycles. The average Bonchev–Trinajstić information content (AvgIpc) is 3.57. The molecule has 2 fully saturated rings. The monoisotopic (exact) mass is 500 g/mol. The summed E-state index contributed by atoms with van der Waals surface area (Å²) in [4.78, 5) is 11.7. The molecule has 8 heteroatoms. The van der Waals surface area contributed by atoms with Crippen LogP contribution < -0.4 is 4.90 Å². The molecule has 158 valence electrons. The van der Waals surface area contributed by atoms with E-state index in [9.17, 15) is 4.39 Å². The minimum absolute atomic E-state index is 0.0481. The number of anilines is 1. The number of nitrogens with zero attached hydrogens (tertiary/aromatic N) is 4. The van der Waals surface area contributed by atoms with Crippen molar-refractivity contribution in [1.29, 1.82) is 0 Å². The molecular weight excluding hydrogens is 483 g/mol. The quantitative estimate of drug-likeness (QED) is 0.354. The lowest BCUT2D eigenvalue weighted by Gasteiger charge is -2.29. The van der Waals surface area contributed by atoms with Crippen LogP contribution in [-0.2, 0) is 4.74 Å². The molecule has 0 spiro atoms. The number of halogens is 3. The SMILES string of the molecule is Fc1ccc2c(-n3c(C4CC4)nc4c(Br)cc(N5CCOCC5)cc43)ccnc2c1Cl. The minimum atomic E-state index is -0.464. The van der Waals surface area contributed by atoms with Crippen LogP contribution in [0.25, 0.3) is 27.6 Å². The van der Waals surface area contributed by atoms with Crippen LogP contribution in [0.2, 0.25) is 5.02 Å². The molecule has 0 unspecified atom stereocenters. The molecule has 1 aliphatic carbocycles. The molecule has 2 aliphatic rings. The van der Waals surface area contributed by atoms with Gasteiger partial charge in [-0.15, -0.1) is 0 Å². The molecule has 0 bridgehead atoms. The van der Waals surface area contributed by atoms with E-state index in [2.05, 4.69) is 42.5 Å². The van der Waals surface area contributed by atoms with E-state index in [1.807, 2.05) is 6.07 Å². The molecular formula is C23H19BrClFN4O. The summed E-state index contributed by atoms with van der Waals surface area (Å²) in [6, 6.07) is 9.45. The van der Waals surface area contributed by atoms with Gasteiger partial charge in [-0.3, -0.25) is 9.55 Å². The van der Waals surface area contributed by atoms with E-state index in [4.69, 9.17) is 21.3 Å². The Morgan fingerprint density at radius 2 is 1.90 bits per heavy atom. The second kappa shape index (κ2) is 7.43. The Labute approximate surface area is 191 Å². The second-order valence-corrected chi connectivity index (χ2v) is 9.29. The second-order valence-electron chi connectivity index (χ2n) is 8.06. The Balaban J connectivity index is 1.64. The third kappa shape index (κ3) is 3.22. The van der Waals surface area contributed by atoms with E-state index in [0.717, 1.165) is 77.2 Å². The first-order valence-electron chi connectivity index (χ1n) is 10.4. The van der Waals surface area contributed by atoms with Crippen LogP contribution in [0.3, 0.4) is 0 Å². The smallest absolute Gasteiger partial charge is 0.144 e. The summed E-state index contributed by atoms with van der Waals surface area (Å²) >= 11 is 10.0. The Morgan fingerprint density at radius 1 is 1.10 bits per heavy atom. The molecule has 0 N–H and O–H groups in total. The van der Waals surface area contributed by atoms with Gasteiger partial charge in [0.2, 0.25) is 0 Å². The number of pyridine rings is 1. The Bertz CT molecular complexity index is 1330. The average molecular weight is 502 g/mol.